The number of benzene rings is 1. The van der Waals surface area contributed by atoms with E-state index in [-0.39, 0.29) is 31.7 Å². The highest BCUT2D eigenvalue weighted by molar-refractivity contribution is 5.89. The maximum atomic E-state index is 12.5. The molecule has 0 aromatic heterocycles. The maximum absolute atomic E-state index is 12.5. The Morgan fingerprint density at radius 1 is 0.970 bits per heavy atom. The van der Waals surface area contributed by atoms with Crippen LogP contribution in [-0.4, -0.2) is 53.8 Å². The first-order valence-corrected chi connectivity index (χ1v) is 10.8. The van der Waals surface area contributed by atoms with Gasteiger partial charge in [-0.2, -0.15) is 0 Å². The van der Waals surface area contributed by atoms with E-state index in [1.54, 1.807) is 20.8 Å². The molecule has 10 heteroatoms. The molecule has 1 aromatic rings. The highest BCUT2D eigenvalue weighted by Gasteiger charge is 2.23. The second-order valence-corrected chi connectivity index (χ2v) is 8.63. The lowest BCUT2D eigenvalue weighted by atomic mass is 10.1. The van der Waals surface area contributed by atoms with Crippen LogP contribution in [0.15, 0.2) is 30.3 Å². The Morgan fingerprint density at radius 2 is 1.61 bits per heavy atom. The van der Waals surface area contributed by atoms with E-state index in [0.29, 0.717) is 6.42 Å². The third-order valence-corrected chi connectivity index (χ3v) is 4.36. The molecule has 1 aromatic carbocycles. The topological polar surface area (TPSA) is 157 Å². The summed E-state index contributed by atoms with van der Waals surface area (Å²) >= 11 is 0. The number of primary amides is 1. The first kappa shape index (κ1) is 27.6. The summed E-state index contributed by atoms with van der Waals surface area (Å²) in [6.45, 7) is 6.49. The molecule has 0 aliphatic carbocycles. The standard InChI is InChI=1S/C23H34N4O6/c1-15(28)26-18(14-16-8-6-5-7-9-16)22(32)25-13-12-19(29)27-17(21(24)31)10-11-20(30)33-23(2,3)4/h5-9,17-18H,10-14H2,1-4H3,(H2,24,31)(H,25,32)(H,26,28)(H,27,29)/t17-,18-/m0/s1. The van der Waals surface area contributed by atoms with E-state index in [1.165, 1.54) is 6.92 Å². The van der Waals surface area contributed by atoms with Crippen LogP contribution in [-0.2, 0) is 35.1 Å². The molecule has 0 bridgehead atoms. The van der Waals surface area contributed by atoms with E-state index in [1.807, 2.05) is 30.3 Å². The van der Waals surface area contributed by atoms with Gasteiger partial charge in [0.05, 0.1) is 0 Å². The molecule has 0 fully saturated rings. The van der Waals surface area contributed by atoms with Crippen molar-refractivity contribution in [2.45, 2.75) is 71.1 Å². The van der Waals surface area contributed by atoms with Crippen molar-refractivity contribution in [2.24, 2.45) is 5.73 Å². The fraction of sp³-hybridized carbons (Fsp3) is 0.522. The number of nitrogens with two attached hydrogens (primary N) is 1. The molecule has 0 saturated heterocycles. The van der Waals surface area contributed by atoms with Gasteiger partial charge in [-0.3, -0.25) is 24.0 Å². The van der Waals surface area contributed by atoms with Crippen LogP contribution < -0.4 is 21.7 Å². The lowest BCUT2D eigenvalue weighted by Gasteiger charge is -2.21. The molecule has 0 spiro atoms. The molecule has 0 aliphatic rings. The number of hydrogen-bond acceptors (Lipinski definition) is 6. The average Bonchev–Trinajstić information content (AvgIpc) is 2.69. The van der Waals surface area contributed by atoms with Crippen LogP contribution in [0.1, 0.15) is 52.5 Å². The minimum Gasteiger partial charge on any atom is -0.460 e. The summed E-state index contributed by atoms with van der Waals surface area (Å²) in [5, 5.41) is 7.68. The summed E-state index contributed by atoms with van der Waals surface area (Å²) in [4.78, 5) is 59.6. The summed E-state index contributed by atoms with van der Waals surface area (Å²) < 4.78 is 5.18. The summed E-state index contributed by atoms with van der Waals surface area (Å²) in [7, 11) is 0. The summed E-state index contributed by atoms with van der Waals surface area (Å²) in [6.07, 6.45) is 0.108. The highest BCUT2D eigenvalue weighted by atomic mass is 16.6. The van der Waals surface area contributed by atoms with Crippen LogP contribution in [0.2, 0.25) is 0 Å². The van der Waals surface area contributed by atoms with Gasteiger partial charge in [-0.15, -0.1) is 0 Å². The van der Waals surface area contributed by atoms with Gasteiger partial charge in [0.15, 0.2) is 0 Å². The van der Waals surface area contributed by atoms with E-state index < -0.39 is 41.4 Å². The van der Waals surface area contributed by atoms with Crippen molar-refractivity contribution in [3.05, 3.63) is 35.9 Å². The number of carbonyl (C=O) groups is 5. The van der Waals surface area contributed by atoms with Crippen molar-refractivity contribution in [3.63, 3.8) is 0 Å². The van der Waals surface area contributed by atoms with E-state index in [9.17, 15) is 24.0 Å². The molecule has 0 radical (unpaired) electrons. The average molecular weight is 463 g/mol. The number of rotatable bonds is 12. The lowest BCUT2D eigenvalue weighted by Crippen LogP contribution is -2.49. The van der Waals surface area contributed by atoms with E-state index in [4.69, 9.17) is 10.5 Å². The minimum atomic E-state index is -1.04. The number of hydrogen-bond donors (Lipinski definition) is 4. The van der Waals surface area contributed by atoms with E-state index >= 15 is 0 Å². The molecule has 0 unspecified atom stereocenters. The molecule has 182 valence electrons. The second-order valence-electron chi connectivity index (χ2n) is 8.63. The van der Waals surface area contributed by atoms with Crippen LogP contribution in [0.5, 0.6) is 0 Å². The number of esters is 1. The fourth-order valence-electron chi connectivity index (χ4n) is 2.93. The number of carbonyl (C=O) groups excluding carboxylic acids is 5. The monoisotopic (exact) mass is 462 g/mol. The van der Waals surface area contributed by atoms with Gasteiger partial charge in [-0.1, -0.05) is 30.3 Å². The third kappa shape index (κ3) is 12.3. The Hall–Kier alpha value is -3.43. The number of ether oxygens (including phenoxy) is 1. The van der Waals surface area contributed by atoms with Crippen molar-refractivity contribution >= 4 is 29.6 Å². The molecule has 1 rings (SSSR count). The van der Waals surface area contributed by atoms with Crippen molar-refractivity contribution in [2.75, 3.05) is 6.54 Å². The Balaban J connectivity index is 2.52. The predicted octanol–water partition coefficient (Wildman–Crippen LogP) is 0.332. The van der Waals surface area contributed by atoms with Crippen LogP contribution in [0, 0.1) is 0 Å². The van der Waals surface area contributed by atoms with Crippen LogP contribution in [0.3, 0.4) is 0 Å². The SMILES string of the molecule is CC(=O)N[C@@H](Cc1ccccc1)C(=O)NCCC(=O)N[C@@H](CCC(=O)OC(C)(C)C)C(N)=O. The Kier molecular flexibility index (Phi) is 11.0. The second kappa shape index (κ2) is 13.2. The smallest absolute Gasteiger partial charge is 0.306 e. The zero-order chi connectivity index (χ0) is 25.0. The molecule has 33 heavy (non-hydrogen) atoms. The molecule has 4 amide bonds. The molecule has 5 N–H and O–H groups in total. The minimum absolute atomic E-state index is 0.00400. The van der Waals surface area contributed by atoms with E-state index in [2.05, 4.69) is 16.0 Å². The van der Waals surface area contributed by atoms with Gasteiger partial charge in [-0.25, -0.2) is 0 Å². The molecular weight excluding hydrogens is 428 g/mol. The molecule has 2 atom stereocenters. The summed E-state index contributed by atoms with van der Waals surface area (Å²) in [6, 6.07) is 7.38. The fourth-order valence-corrected chi connectivity index (χ4v) is 2.93. The Morgan fingerprint density at radius 3 is 2.15 bits per heavy atom. The summed E-state index contributed by atoms with van der Waals surface area (Å²) in [5.41, 5.74) is 5.54. The largest absolute Gasteiger partial charge is 0.460 e. The lowest BCUT2D eigenvalue weighted by molar-refractivity contribution is -0.155. The van der Waals surface area contributed by atoms with Crippen molar-refractivity contribution < 1.29 is 28.7 Å². The Bertz CT molecular complexity index is 835. The van der Waals surface area contributed by atoms with Gasteiger partial charge in [0, 0.05) is 32.7 Å². The van der Waals surface area contributed by atoms with Gasteiger partial charge in [0.25, 0.3) is 0 Å². The number of nitrogens with one attached hydrogen (secondary N) is 3. The first-order valence-electron chi connectivity index (χ1n) is 10.8. The third-order valence-electron chi connectivity index (χ3n) is 4.36. The van der Waals surface area contributed by atoms with Gasteiger partial charge >= 0.3 is 5.97 Å². The zero-order valence-electron chi connectivity index (χ0n) is 19.6. The van der Waals surface area contributed by atoms with Crippen LogP contribution in [0.25, 0.3) is 0 Å². The quantitative estimate of drug-likeness (QED) is 0.328. The summed E-state index contributed by atoms with van der Waals surface area (Å²) in [5.74, 6) is -2.57. The Labute approximate surface area is 194 Å². The zero-order valence-corrected chi connectivity index (χ0v) is 19.6. The molecule has 0 aliphatic heterocycles. The van der Waals surface area contributed by atoms with Gasteiger partial charge in [-0.05, 0) is 32.8 Å². The van der Waals surface area contributed by atoms with E-state index in [0.717, 1.165) is 5.56 Å². The molecular formula is C23H34N4O6. The van der Waals surface area contributed by atoms with Crippen molar-refractivity contribution in [1.29, 1.82) is 0 Å². The molecule has 10 nitrogen and oxygen atoms in total. The van der Waals surface area contributed by atoms with Gasteiger partial charge in [0.2, 0.25) is 23.6 Å². The maximum Gasteiger partial charge on any atom is 0.306 e. The molecule has 0 saturated carbocycles. The normalized spacial score (nSPS) is 12.7. The highest BCUT2D eigenvalue weighted by Crippen LogP contribution is 2.10. The predicted molar refractivity (Wildman–Crippen MR) is 122 cm³/mol. The van der Waals surface area contributed by atoms with Gasteiger partial charge in [0.1, 0.15) is 17.7 Å². The van der Waals surface area contributed by atoms with Gasteiger partial charge < -0.3 is 26.4 Å². The van der Waals surface area contributed by atoms with Crippen LogP contribution in [0.4, 0.5) is 0 Å². The first-order chi connectivity index (χ1) is 15.4. The number of amides is 4. The molecule has 0 heterocycles. The van der Waals surface area contributed by atoms with Crippen molar-refractivity contribution in [3.8, 4) is 0 Å². The van der Waals surface area contributed by atoms with Crippen LogP contribution >= 0.6 is 0 Å². The van der Waals surface area contributed by atoms with Crippen molar-refractivity contribution in [1.82, 2.24) is 16.0 Å².